The summed E-state index contributed by atoms with van der Waals surface area (Å²) < 4.78 is 0. The van der Waals surface area contributed by atoms with Crippen molar-refractivity contribution in [3.63, 3.8) is 0 Å². The minimum atomic E-state index is -0.377. The lowest BCUT2D eigenvalue weighted by Gasteiger charge is -2.18. The van der Waals surface area contributed by atoms with Gasteiger partial charge in [0.15, 0.2) is 0 Å². The second kappa shape index (κ2) is 6.04. The molecule has 0 heterocycles. The molecule has 2 atom stereocenters. The van der Waals surface area contributed by atoms with E-state index in [2.05, 4.69) is 20.8 Å². The molecular weight excluding hydrogens is 150 g/mol. The predicted octanol–water partition coefficient (Wildman–Crippen LogP) is 2.65. The Morgan fingerprint density at radius 1 is 1.25 bits per heavy atom. The monoisotopic (exact) mass is 170 g/mol. The summed E-state index contributed by atoms with van der Waals surface area (Å²) in [4.78, 5) is 10.9. The summed E-state index contributed by atoms with van der Waals surface area (Å²) in [5.74, 6) is -0.00676. The van der Waals surface area contributed by atoms with Crippen molar-refractivity contribution in [2.45, 2.75) is 46.5 Å². The zero-order valence-corrected chi connectivity index (χ0v) is 8.39. The number of nitrogens with one attached hydrogen (secondary N) is 1. The smallest absolute Gasteiger partial charge is 0.241 e. The molecule has 71 valence electrons. The molecule has 0 aromatic heterocycles. The zero-order chi connectivity index (χ0) is 9.56. The van der Waals surface area contributed by atoms with Gasteiger partial charge in [0, 0.05) is 5.92 Å². The van der Waals surface area contributed by atoms with Crippen molar-refractivity contribution in [2.75, 3.05) is 0 Å². The van der Waals surface area contributed by atoms with Crippen molar-refractivity contribution >= 4 is 5.91 Å². The van der Waals surface area contributed by atoms with Gasteiger partial charge >= 0.3 is 0 Å². The molecule has 0 spiro atoms. The standard InChI is InChI=1S/C10H20NO/c1-4-6-8(3)9(7-5-2)10(11)12/h8-9,11H,4-7H2,1-3H3. The second-order valence-corrected chi connectivity index (χ2v) is 3.53. The van der Waals surface area contributed by atoms with Gasteiger partial charge in [0.25, 0.3) is 0 Å². The Morgan fingerprint density at radius 2 is 1.75 bits per heavy atom. The minimum absolute atomic E-state index is 0.0186. The molecule has 1 radical (unpaired) electrons. The molecule has 0 aliphatic heterocycles. The minimum Gasteiger partial charge on any atom is -0.273 e. The van der Waals surface area contributed by atoms with Crippen LogP contribution in [0.3, 0.4) is 0 Å². The summed E-state index contributed by atoms with van der Waals surface area (Å²) in [6.45, 7) is 6.26. The summed E-state index contributed by atoms with van der Waals surface area (Å²) in [5, 5.41) is 0. The van der Waals surface area contributed by atoms with Crippen LogP contribution in [0.5, 0.6) is 0 Å². The molecule has 2 heteroatoms. The molecule has 0 aromatic carbocycles. The third-order valence-electron chi connectivity index (χ3n) is 2.37. The molecule has 2 unspecified atom stereocenters. The maximum Gasteiger partial charge on any atom is 0.241 e. The van der Waals surface area contributed by atoms with Gasteiger partial charge in [0.05, 0.1) is 0 Å². The van der Waals surface area contributed by atoms with E-state index in [-0.39, 0.29) is 11.8 Å². The first-order valence-corrected chi connectivity index (χ1v) is 4.88. The zero-order valence-electron chi connectivity index (χ0n) is 8.39. The van der Waals surface area contributed by atoms with Crippen molar-refractivity contribution in [3.05, 3.63) is 0 Å². The molecule has 0 saturated heterocycles. The van der Waals surface area contributed by atoms with Gasteiger partial charge in [-0.15, -0.1) is 0 Å². The number of rotatable bonds is 6. The predicted molar refractivity (Wildman–Crippen MR) is 50.6 cm³/mol. The third-order valence-corrected chi connectivity index (χ3v) is 2.37. The molecular formula is C10H20NO. The van der Waals surface area contributed by atoms with E-state index < -0.39 is 0 Å². The third kappa shape index (κ3) is 3.74. The van der Waals surface area contributed by atoms with Crippen molar-refractivity contribution in [1.29, 1.82) is 0 Å². The van der Waals surface area contributed by atoms with E-state index in [4.69, 9.17) is 5.73 Å². The van der Waals surface area contributed by atoms with Crippen LogP contribution in [0.1, 0.15) is 46.5 Å². The van der Waals surface area contributed by atoms with Gasteiger partial charge < -0.3 is 0 Å². The van der Waals surface area contributed by atoms with E-state index in [9.17, 15) is 4.79 Å². The van der Waals surface area contributed by atoms with Gasteiger partial charge in [-0.05, 0) is 12.3 Å². The Hall–Kier alpha value is -0.530. The summed E-state index contributed by atoms with van der Waals surface area (Å²) in [6, 6.07) is 0. The maximum absolute atomic E-state index is 10.9. The lowest BCUT2D eigenvalue weighted by Crippen LogP contribution is -2.22. The highest BCUT2D eigenvalue weighted by Crippen LogP contribution is 2.21. The Balaban J connectivity index is 3.99. The lowest BCUT2D eigenvalue weighted by atomic mass is 9.86. The summed E-state index contributed by atoms with van der Waals surface area (Å²) in [6.07, 6.45) is 4.05. The normalized spacial score (nSPS) is 15.6. The van der Waals surface area contributed by atoms with Crippen LogP contribution >= 0.6 is 0 Å². The Bertz CT molecular complexity index is 134. The Labute approximate surface area is 75.5 Å². The van der Waals surface area contributed by atoms with Gasteiger partial charge in [-0.25, -0.2) is 0 Å². The van der Waals surface area contributed by atoms with Crippen LogP contribution in [0.15, 0.2) is 0 Å². The van der Waals surface area contributed by atoms with E-state index in [1.807, 2.05) is 0 Å². The van der Waals surface area contributed by atoms with Crippen LogP contribution in [0.2, 0.25) is 0 Å². The number of amides is 1. The first kappa shape index (κ1) is 11.5. The molecule has 12 heavy (non-hydrogen) atoms. The molecule has 0 aliphatic rings. The fourth-order valence-corrected chi connectivity index (χ4v) is 1.64. The van der Waals surface area contributed by atoms with Crippen LogP contribution < -0.4 is 5.73 Å². The Kier molecular flexibility index (Phi) is 5.77. The topological polar surface area (TPSA) is 40.9 Å². The molecule has 0 rings (SSSR count). The second-order valence-electron chi connectivity index (χ2n) is 3.53. The van der Waals surface area contributed by atoms with Crippen LogP contribution in [0, 0.1) is 11.8 Å². The van der Waals surface area contributed by atoms with Crippen LogP contribution in [-0.4, -0.2) is 5.91 Å². The summed E-state index contributed by atoms with van der Waals surface area (Å²) >= 11 is 0. The van der Waals surface area contributed by atoms with E-state index in [1.54, 1.807) is 0 Å². The molecule has 0 bridgehead atoms. The fraction of sp³-hybridized carbons (Fsp3) is 0.900. The van der Waals surface area contributed by atoms with E-state index in [0.717, 1.165) is 25.7 Å². The average Bonchev–Trinajstić information content (AvgIpc) is 1.99. The molecule has 0 fully saturated rings. The maximum atomic E-state index is 10.9. The number of carbonyl (C=O) groups excluding carboxylic acids is 1. The highest BCUT2D eigenvalue weighted by molar-refractivity contribution is 5.76. The number of hydrogen-bond acceptors (Lipinski definition) is 1. The highest BCUT2D eigenvalue weighted by atomic mass is 16.1. The average molecular weight is 170 g/mol. The molecule has 2 nitrogen and oxygen atoms in total. The summed E-state index contributed by atoms with van der Waals surface area (Å²) in [7, 11) is 0. The largest absolute Gasteiger partial charge is 0.273 e. The molecule has 0 aromatic rings. The van der Waals surface area contributed by atoms with Gasteiger partial charge in [0.2, 0.25) is 5.91 Å². The number of hydrogen-bond donors (Lipinski definition) is 0. The lowest BCUT2D eigenvalue weighted by molar-refractivity contribution is -0.124. The van der Waals surface area contributed by atoms with Crippen LogP contribution in [0.25, 0.3) is 0 Å². The molecule has 0 saturated carbocycles. The highest BCUT2D eigenvalue weighted by Gasteiger charge is 2.21. The quantitative estimate of drug-likeness (QED) is 0.604. The Morgan fingerprint density at radius 3 is 2.08 bits per heavy atom. The van der Waals surface area contributed by atoms with Crippen molar-refractivity contribution in [1.82, 2.24) is 5.73 Å². The molecule has 1 amide bonds. The van der Waals surface area contributed by atoms with E-state index in [1.165, 1.54) is 0 Å². The van der Waals surface area contributed by atoms with Crippen molar-refractivity contribution in [3.8, 4) is 0 Å². The first-order chi connectivity index (χ1) is 5.63. The van der Waals surface area contributed by atoms with Gasteiger partial charge in [-0.2, -0.15) is 0 Å². The van der Waals surface area contributed by atoms with Crippen LogP contribution in [0.4, 0.5) is 0 Å². The van der Waals surface area contributed by atoms with E-state index >= 15 is 0 Å². The van der Waals surface area contributed by atoms with Gasteiger partial charge in [-0.1, -0.05) is 40.0 Å². The van der Waals surface area contributed by atoms with Crippen molar-refractivity contribution in [2.24, 2.45) is 11.8 Å². The fourth-order valence-electron chi connectivity index (χ4n) is 1.64. The first-order valence-electron chi connectivity index (χ1n) is 4.88. The summed E-state index contributed by atoms with van der Waals surface area (Å²) in [5.41, 5.74) is 7.11. The van der Waals surface area contributed by atoms with Gasteiger partial charge in [-0.3, -0.25) is 10.5 Å². The molecule has 0 aliphatic carbocycles. The van der Waals surface area contributed by atoms with Gasteiger partial charge in [0.1, 0.15) is 0 Å². The SMILES string of the molecule is CCCC(C)C(CCC)C([NH])=O. The molecule has 1 N–H and O–H groups in total. The van der Waals surface area contributed by atoms with Crippen molar-refractivity contribution < 1.29 is 4.79 Å². The van der Waals surface area contributed by atoms with E-state index in [0.29, 0.717) is 5.92 Å². The van der Waals surface area contributed by atoms with Crippen LogP contribution in [-0.2, 0) is 4.79 Å². The number of carbonyl (C=O) groups is 1.